The van der Waals surface area contributed by atoms with Gasteiger partial charge in [0.15, 0.2) is 0 Å². The number of hydrogen-bond acceptors (Lipinski definition) is 2. The van der Waals surface area contributed by atoms with Crippen LogP contribution < -0.4 is 10.6 Å². The Kier molecular flexibility index (Phi) is 19.6. The zero-order valence-electron chi connectivity index (χ0n) is 18.6. The normalized spacial score (nSPS) is 11.9. The summed E-state index contributed by atoms with van der Waals surface area (Å²) in [5.41, 5.74) is 0. The summed E-state index contributed by atoms with van der Waals surface area (Å²) >= 11 is 0. The molecule has 0 bridgehead atoms. The molecule has 0 radical (unpaired) electrons. The summed E-state index contributed by atoms with van der Waals surface area (Å²) in [6.07, 6.45) is 21.6. The van der Waals surface area contributed by atoms with E-state index in [0.29, 0.717) is 13.0 Å². The molecule has 0 fully saturated rings. The summed E-state index contributed by atoms with van der Waals surface area (Å²) in [5, 5.41) is 14.1. The summed E-state index contributed by atoms with van der Waals surface area (Å²) in [6.45, 7) is 4.63. The maximum absolute atomic E-state index is 11.6. The molecule has 3 N–H and O–H groups in total. The quantitative estimate of drug-likeness (QED) is 0.207. The van der Waals surface area contributed by atoms with Crippen molar-refractivity contribution in [1.82, 2.24) is 10.6 Å². The smallest absolute Gasteiger partial charge is 0.326 e. The van der Waals surface area contributed by atoms with Crippen LogP contribution in [0.15, 0.2) is 0 Å². The summed E-state index contributed by atoms with van der Waals surface area (Å²) < 4.78 is 0. The Bertz CT molecular complexity index is 375. The van der Waals surface area contributed by atoms with E-state index in [-0.39, 0.29) is 6.03 Å². The van der Waals surface area contributed by atoms with Crippen molar-refractivity contribution in [2.45, 2.75) is 129 Å². The second kappa shape index (κ2) is 20.5. The Labute approximate surface area is 173 Å². The number of carbonyl (C=O) groups excluding carboxylic acids is 1. The first kappa shape index (κ1) is 26.7. The molecule has 5 nitrogen and oxygen atoms in total. The van der Waals surface area contributed by atoms with Crippen molar-refractivity contribution in [3.8, 4) is 0 Å². The fourth-order valence-electron chi connectivity index (χ4n) is 3.42. The predicted molar refractivity (Wildman–Crippen MR) is 118 cm³/mol. The minimum absolute atomic E-state index is 0.379. The van der Waals surface area contributed by atoms with Crippen molar-refractivity contribution in [3.63, 3.8) is 0 Å². The number of carbonyl (C=O) groups is 2. The summed E-state index contributed by atoms with van der Waals surface area (Å²) in [4.78, 5) is 22.4. The van der Waals surface area contributed by atoms with Gasteiger partial charge in [0.2, 0.25) is 0 Å². The Morgan fingerprint density at radius 2 is 1.07 bits per heavy atom. The lowest BCUT2D eigenvalue weighted by Gasteiger charge is -2.13. The first-order valence-electron chi connectivity index (χ1n) is 11.9. The molecule has 28 heavy (non-hydrogen) atoms. The van der Waals surface area contributed by atoms with Crippen LogP contribution in [0.4, 0.5) is 4.79 Å². The Morgan fingerprint density at radius 1 is 0.679 bits per heavy atom. The predicted octanol–water partition coefficient (Wildman–Crippen LogP) is 6.41. The van der Waals surface area contributed by atoms with Crippen LogP contribution in [0.3, 0.4) is 0 Å². The van der Waals surface area contributed by atoms with E-state index in [1.54, 1.807) is 6.92 Å². The van der Waals surface area contributed by atoms with Crippen molar-refractivity contribution in [1.29, 1.82) is 0 Å². The van der Waals surface area contributed by atoms with Gasteiger partial charge in [0.05, 0.1) is 0 Å². The average molecular weight is 399 g/mol. The molecule has 166 valence electrons. The molecule has 0 spiro atoms. The maximum Gasteiger partial charge on any atom is 0.326 e. The number of aliphatic carboxylic acids is 1. The first-order valence-corrected chi connectivity index (χ1v) is 11.9. The lowest BCUT2D eigenvalue weighted by molar-refractivity contribution is -0.139. The molecule has 1 atom stereocenters. The topological polar surface area (TPSA) is 78.4 Å². The second-order valence-corrected chi connectivity index (χ2v) is 8.00. The largest absolute Gasteiger partial charge is 0.480 e. The van der Waals surface area contributed by atoms with Gasteiger partial charge >= 0.3 is 12.0 Å². The molecule has 5 heteroatoms. The van der Waals surface area contributed by atoms with E-state index in [1.807, 2.05) is 0 Å². The molecule has 0 saturated carbocycles. The minimum atomic E-state index is -0.986. The molecule has 0 aliphatic heterocycles. The highest BCUT2D eigenvalue weighted by Crippen LogP contribution is 2.13. The van der Waals surface area contributed by atoms with Crippen LogP contribution in [0.1, 0.15) is 123 Å². The van der Waals surface area contributed by atoms with Gasteiger partial charge in [-0.1, -0.05) is 110 Å². The number of amides is 2. The third-order valence-corrected chi connectivity index (χ3v) is 5.33. The second-order valence-electron chi connectivity index (χ2n) is 8.00. The van der Waals surface area contributed by atoms with E-state index in [2.05, 4.69) is 17.6 Å². The van der Waals surface area contributed by atoms with Gasteiger partial charge in [-0.15, -0.1) is 0 Å². The van der Waals surface area contributed by atoms with Crippen LogP contribution in [0, 0.1) is 0 Å². The van der Waals surface area contributed by atoms with E-state index in [9.17, 15) is 9.59 Å². The van der Waals surface area contributed by atoms with Crippen molar-refractivity contribution in [3.05, 3.63) is 0 Å². The van der Waals surface area contributed by atoms with Gasteiger partial charge < -0.3 is 15.7 Å². The number of carboxylic acid groups (broad SMARTS) is 1. The van der Waals surface area contributed by atoms with E-state index in [4.69, 9.17) is 5.11 Å². The zero-order chi connectivity index (χ0) is 20.9. The monoisotopic (exact) mass is 398 g/mol. The average Bonchev–Trinajstić information content (AvgIpc) is 2.68. The van der Waals surface area contributed by atoms with Crippen LogP contribution in [0.2, 0.25) is 0 Å². The number of nitrogens with one attached hydrogen (secondary N) is 2. The number of hydrogen-bond donors (Lipinski definition) is 3. The van der Waals surface area contributed by atoms with E-state index in [1.165, 1.54) is 89.9 Å². The van der Waals surface area contributed by atoms with Gasteiger partial charge in [-0.3, -0.25) is 0 Å². The van der Waals surface area contributed by atoms with Gasteiger partial charge in [0.1, 0.15) is 6.04 Å². The SMILES string of the molecule is CCCCCCCCCCCCCCCCCCNC(=O)NC(CC)C(=O)O. The number of rotatable bonds is 20. The lowest BCUT2D eigenvalue weighted by atomic mass is 10.0. The molecule has 0 aromatic rings. The Hall–Kier alpha value is -1.26. The summed E-state index contributed by atoms with van der Waals surface area (Å²) in [5.74, 6) is -0.986. The van der Waals surface area contributed by atoms with Crippen LogP contribution in [0.5, 0.6) is 0 Å². The molecular weight excluding hydrogens is 352 g/mol. The van der Waals surface area contributed by atoms with Gasteiger partial charge in [0, 0.05) is 6.54 Å². The molecule has 0 heterocycles. The molecule has 0 aromatic carbocycles. The van der Waals surface area contributed by atoms with Crippen LogP contribution in [0.25, 0.3) is 0 Å². The zero-order valence-corrected chi connectivity index (χ0v) is 18.6. The standard InChI is InChI=1S/C23H46N2O3/c1-3-5-6-7-8-9-10-11-12-13-14-15-16-17-18-19-20-24-23(28)25-21(4-2)22(26)27/h21H,3-20H2,1-2H3,(H,26,27)(H2,24,25,28). The first-order chi connectivity index (χ1) is 13.6. The van der Waals surface area contributed by atoms with E-state index in [0.717, 1.165) is 12.8 Å². The van der Waals surface area contributed by atoms with Gasteiger partial charge in [-0.2, -0.15) is 0 Å². The molecule has 1 unspecified atom stereocenters. The fraction of sp³-hybridized carbons (Fsp3) is 0.913. The molecule has 0 aliphatic carbocycles. The van der Waals surface area contributed by atoms with Crippen molar-refractivity contribution >= 4 is 12.0 Å². The Morgan fingerprint density at radius 3 is 1.43 bits per heavy atom. The molecule has 2 amide bonds. The fourth-order valence-corrected chi connectivity index (χ4v) is 3.42. The summed E-state index contributed by atoms with van der Waals surface area (Å²) in [6, 6.07) is -1.18. The number of unbranched alkanes of at least 4 members (excludes halogenated alkanes) is 15. The molecule has 0 rings (SSSR count). The van der Waals surface area contributed by atoms with E-state index < -0.39 is 12.0 Å². The van der Waals surface area contributed by atoms with Gasteiger partial charge in [0.25, 0.3) is 0 Å². The molecule has 0 aromatic heterocycles. The molecular formula is C23H46N2O3. The number of carboxylic acids is 1. The lowest BCUT2D eigenvalue weighted by Crippen LogP contribution is -2.45. The van der Waals surface area contributed by atoms with Crippen molar-refractivity contribution < 1.29 is 14.7 Å². The van der Waals surface area contributed by atoms with Crippen LogP contribution in [-0.4, -0.2) is 29.7 Å². The minimum Gasteiger partial charge on any atom is -0.480 e. The number of urea groups is 1. The highest BCUT2D eigenvalue weighted by molar-refractivity contribution is 5.82. The highest BCUT2D eigenvalue weighted by atomic mass is 16.4. The van der Waals surface area contributed by atoms with Crippen molar-refractivity contribution in [2.75, 3.05) is 6.54 Å². The van der Waals surface area contributed by atoms with Crippen LogP contribution >= 0.6 is 0 Å². The Balaban J connectivity index is 3.23. The molecule has 0 saturated heterocycles. The van der Waals surface area contributed by atoms with Gasteiger partial charge in [-0.25, -0.2) is 9.59 Å². The van der Waals surface area contributed by atoms with E-state index >= 15 is 0 Å². The summed E-state index contributed by atoms with van der Waals surface area (Å²) in [7, 11) is 0. The maximum atomic E-state index is 11.6. The van der Waals surface area contributed by atoms with Crippen LogP contribution in [-0.2, 0) is 4.79 Å². The highest BCUT2D eigenvalue weighted by Gasteiger charge is 2.16. The van der Waals surface area contributed by atoms with Gasteiger partial charge in [-0.05, 0) is 12.8 Å². The third kappa shape index (κ3) is 18.1. The van der Waals surface area contributed by atoms with Crippen molar-refractivity contribution in [2.24, 2.45) is 0 Å². The third-order valence-electron chi connectivity index (χ3n) is 5.33. The molecule has 0 aliphatic rings.